The average molecular weight is 280 g/mol. The zero-order chi connectivity index (χ0) is 13.8. The highest BCUT2D eigenvalue weighted by Gasteiger charge is 2.09. The van der Waals surface area contributed by atoms with E-state index >= 15 is 0 Å². The van der Waals surface area contributed by atoms with Crippen LogP contribution in [0.5, 0.6) is 11.5 Å². The van der Waals surface area contributed by atoms with Gasteiger partial charge in [-0.3, -0.25) is 0 Å². The third kappa shape index (κ3) is 2.88. The van der Waals surface area contributed by atoms with E-state index in [-0.39, 0.29) is 0 Å². The van der Waals surface area contributed by atoms with Crippen molar-refractivity contribution in [3.63, 3.8) is 0 Å². The number of hydrogen-bond donors (Lipinski definition) is 1. The van der Waals surface area contributed by atoms with Gasteiger partial charge < -0.3 is 14.8 Å². The zero-order valence-electron chi connectivity index (χ0n) is 10.9. The van der Waals surface area contributed by atoms with Gasteiger partial charge in [-0.2, -0.15) is 0 Å². The maximum Gasteiger partial charge on any atom is 0.146 e. The first-order valence-electron chi connectivity index (χ1n) is 5.62. The van der Waals surface area contributed by atoms with Crippen LogP contribution in [0.3, 0.4) is 0 Å². The Morgan fingerprint density at radius 2 is 1.95 bits per heavy atom. The number of ether oxygens (including phenoxy) is 2. The molecule has 5 nitrogen and oxygen atoms in total. The molecule has 0 fully saturated rings. The van der Waals surface area contributed by atoms with Crippen molar-refractivity contribution in [1.82, 2.24) is 9.97 Å². The Morgan fingerprint density at radius 1 is 1.16 bits per heavy atom. The van der Waals surface area contributed by atoms with Crippen LogP contribution in [0.15, 0.2) is 24.5 Å². The van der Waals surface area contributed by atoms with E-state index in [2.05, 4.69) is 15.3 Å². The summed E-state index contributed by atoms with van der Waals surface area (Å²) in [4.78, 5) is 8.07. The number of anilines is 2. The van der Waals surface area contributed by atoms with Crippen LogP contribution in [0, 0.1) is 6.92 Å². The second kappa shape index (κ2) is 5.75. The molecular weight excluding hydrogens is 266 g/mol. The molecular formula is C13H14ClN3O2. The van der Waals surface area contributed by atoms with Gasteiger partial charge in [0.1, 0.15) is 28.8 Å². The molecule has 0 saturated heterocycles. The molecule has 0 bridgehead atoms. The van der Waals surface area contributed by atoms with Crippen LogP contribution in [0.1, 0.15) is 5.56 Å². The van der Waals surface area contributed by atoms with Gasteiger partial charge in [0.05, 0.1) is 19.9 Å². The maximum absolute atomic E-state index is 5.96. The van der Waals surface area contributed by atoms with E-state index in [9.17, 15) is 0 Å². The highest BCUT2D eigenvalue weighted by molar-refractivity contribution is 6.30. The Balaban J connectivity index is 2.35. The van der Waals surface area contributed by atoms with Crippen molar-refractivity contribution in [2.45, 2.75) is 6.92 Å². The molecule has 0 spiro atoms. The topological polar surface area (TPSA) is 56.3 Å². The summed E-state index contributed by atoms with van der Waals surface area (Å²) in [6.07, 6.45) is 1.41. The quantitative estimate of drug-likeness (QED) is 0.871. The average Bonchev–Trinajstić information content (AvgIpc) is 2.44. The lowest BCUT2D eigenvalue weighted by Gasteiger charge is -2.13. The highest BCUT2D eigenvalue weighted by Crippen LogP contribution is 2.32. The Hall–Kier alpha value is -2.01. The first kappa shape index (κ1) is 13.4. The largest absolute Gasteiger partial charge is 0.497 e. The zero-order valence-corrected chi connectivity index (χ0v) is 11.7. The fraction of sp³-hybridized carbons (Fsp3) is 0.231. The van der Waals surface area contributed by atoms with Crippen molar-refractivity contribution in [2.75, 3.05) is 19.5 Å². The number of nitrogens with one attached hydrogen (secondary N) is 1. The van der Waals surface area contributed by atoms with Crippen molar-refractivity contribution in [3.05, 3.63) is 35.2 Å². The molecule has 2 aromatic rings. The fourth-order valence-corrected chi connectivity index (χ4v) is 1.72. The molecule has 0 amide bonds. The Labute approximate surface area is 116 Å². The Kier molecular flexibility index (Phi) is 4.06. The predicted molar refractivity (Wildman–Crippen MR) is 74.6 cm³/mol. The number of nitrogens with zero attached hydrogens (tertiary/aromatic N) is 2. The number of halogens is 1. The summed E-state index contributed by atoms with van der Waals surface area (Å²) < 4.78 is 10.5. The standard InChI is InChI=1S/C13H14ClN3O2/c1-8-12(14)15-7-16-13(8)17-10-5-4-9(18-2)6-11(10)19-3/h4-7H,1-3H3,(H,15,16,17). The number of rotatable bonds is 4. The predicted octanol–water partition coefficient (Wildman–Crippen LogP) is 3.20. The van der Waals surface area contributed by atoms with Gasteiger partial charge in [-0.05, 0) is 19.1 Å². The molecule has 19 heavy (non-hydrogen) atoms. The van der Waals surface area contributed by atoms with Crippen LogP contribution in [-0.4, -0.2) is 24.2 Å². The SMILES string of the molecule is COc1ccc(Nc2ncnc(Cl)c2C)c(OC)c1. The molecule has 0 aliphatic rings. The monoisotopic (exact) mass is 279 g/mol. The molecule has 6 heteroatoms. The van der Waals surface area contributed by atoms with Crippen LogP contribution >= 0.6 is 11.6 Å². The van der Waals surface area contributed by atoms with Crippen LogP contribution < -0.4 is 14.8 Å². The first-order valence-corrected chi connectivity index (χ1v) is 5.99. The van der Waals surface area contributed by atoms with Gasteiger partial charge >= 0.3 is 0 Å². The van der Waals surface area contributed by atoms with Gasteiger partial charge in [0.2, 0.25) is 0 Å². The van der Waals surface area contributed by atoms with E-state index in [1.165, 1.54) is 6.33 Å². The van der Waals surface area contributed by atoms with Gasteiger partial charge in [0, 0.05) is 11.6 Å². The third-order valence-electron chi connectivity index (χ3n) is 2.68. The lowest BCUT2D eigenvalue weighted by Crippen LogP contribution is -2.00. The van der Waals surface area contributed by atoms with Crippen LogP contribution in [0.25, 0.3) is 0 Å². The maximum atomic E-state index is 5.96. The molecule has 1 N–H and O–H groups in total. The summed E-state index contributed by atoms with van der Waals surface area (Å²) >= 11 is 5.96. The van der Waals surface area contributed by atoms with Crippen LogP contribution in [0.2, 0.25) is 5.15 Å². The molecule has 0 aliphatic carbocycles. The van der Waals surface area contributed by atoms with Crippen molar-refractivity contribution in [1.29, 1.82) is 0 Å². The van der Waals surface area contributed by atoms with Gasteiger partial charge in [-0.1, -0.05) is 11.6 Å². The van der Waals surface area contributed by atoms with E-state index in [0.717, 1.165) is 17.0 Å². The molecule has 0 unspecified atom stereocenters. The molecule has 1 aromatic carbocycles. The lowest BCUT2D eigenvalue weighted by molar-refractivity contribution is 0.395. The molecule has 1 aromatic heterocycles. The normalized spacial score (nSPS) is 10.1. The Morgan fingerprint density at radius 3 is 2.63 bits per heavy atom. The van der Waals surface area contributed by atoms with E-state index in [4.69, 9.17) is 21.1 Å². The minimum absolute atomic E-state index is 0.421. The summed E-state index contributed by atoms with van der Waals surface area (Å²) in [7, 11) is 3.20. The molecule has 2 rings (SSSR count). The molecule has 0 saturated carbocycles. The van der Waals surface area contributed by atoms with E-state index in [1.54, 1.807) is 20.3 Å². The van der Waals surface area contributed by atoms with Crippen LogP contribution in [0.4, 0.5) is 11.5 Å². The van der Waals surface area contributed by atoms with Gasteiger partial charge in [-0.15, -0.1) is 0 Å². The first-order chi connectivity index (χ1) is 9.15. The molecule has 1 heterocycles. The second-order valence-electron chi connectivity index (χ2n) is 3.83. The van der Waals surface area contributed by atoms with Crippen molar-refractivity contribution in [2.24, 2.45) is 0 Å². The van der Waals surface area contributed by atoms with Gasteiger partial charge in [-0.25, -0.2) is 9.97 Å². The second-order valence-corrected chi connectivity index (χ2v) is 4.19. The minimum atomic E-state index is 0.421. The van der Waals surface area contributed by atoms with E-state index < -0.39 is 0 Å². The fourth-order valence-electron chi connectivity index (χ4n) is 1.58. The number of methoxy groups -OCH3 is 2. The summed E-state index contributed by atoms with van der Waals surface area (Å²) in [5, 5.41) is 3.59. The lowest BCUT2D eigenvalue weighted by atomic mass is 10.2. The molecule has 0 aliphatic heterocycles. The van der Waals surface area contributed by atoms with Crippen LogP contribution in [-0.2, 0) is 0 Å². The number of benzene rings is 1. The molecule has 0 radical (unpaired) electrons. The Bertz CT molecular complexity index is 590. The summed E-state index contributed by atoms with van der Waals surface area (Å²) in [6.45, 7) is 1.85. The van der Waals surface area contributed by atoms with E-state index in [1.807, 2.05) is 19.1 Å². The summed E-state index contributed by atoms with van der Waals surface area (Å²) in [5.41, 5.74) is 1.56. The van der Waals surface area contributed by atoms with Crippen molar-refractivity contribution in [3.8, 4) is 11.5 Å². The molecule has 100 valence electrons. The van der Waals surface area contributed by atoms with Crippen molar-refractivity contribution < 1.29 is 9.47 Å². The molecule has 0 atom stereocenters. The number of hydrogen-bond acceptors (Lipinski definition) is 5. The summed E-state index contributed by atoms with van der Waals surface area (Å²) in [6, 6.07) is 5.48. The third-order valence-corrected chi connectivity index (χ3v) is 3.07. The van der Waals surface area contributed by atoms with E-state index in [0.29, 0.717) is 16.7 Å². The van der Waals surface area contributed by atoms with Gasteiger partial charge in [0.15, 0.2) is 0 Å². The van der Waals surface area contributed by atoms with Gasteiger partial charge in [0.25, 0.3) is 0 Å². The summed E-state index contributed by atoms with van der Waals surface area (Å²) in [5.74, 6) is 2.02. The van der Waals surface area contributed by atoms with Crippen molar-refractivity contribution >= 4 is 23.1 Å². The minimum Gasteiger partial charge on any atom is -0.497 e. The highest BCUT2D eigenvalue weighted by atomic mass is 35.5. The number of aromatic nitrogens is 2. The smallest absolute Gasteiger partial charge is 0.146 e.